The maximum absolute atomic E-state index is 11.7. The third-order valence-corrected chi connectivity index (χ3v) is 3.94. The van der Waals surface area contributed by atoms with E-state index in [4.69, 9.17) is 4.74 Å². The molecule has 1 atom stereocenters. The van der Waals surface area contributed by atoms with E-state index in [9.17, 15) is 8.42 Å². The van der Waals surface area contributed by atoms with E-state index in [0.29, 0.717) is 16.3 Å². The Labute approximate surface area is 99.9 Å². The van der Waals surface area contributed by atoms with Crippen LogP contribution in [0.25, 0.3) is 0 Å². The molecule has 86 valence electrons. The highest BCUT2D eigenvalue weighted by Crippen LogP contribution is 2.30. The summed E-state index contributed by atoms with van der Waals surface area (Å²) < 4.78 is 26.4. The van der Waals surface area contributed by atoms with Crippen LogP contribution in [0.15, 0.2) is 28.1 Å². The molecule has 0 saturated carbocycles. The highest BCUT2D eigenvalue weighted by atomic mass is 32.2. The summed E-state index contributed by atoms with van der Waals surface area (Å²) in [4.78, 5) is 4.11. The van der Waals surface area contributed by atoms with Crippen LogP contribution in [-0.2, 0) is 9.84 Å². The number of isothiocyanates is 1. The minimum absolute atomic E-state index is 0.153. The zero-order chi connectivity index (χ0) is 12.2. The first kappa shape index (κ1) is 12.8. The van der Waals surface area contributed by atoms with Crippen LogP contribution < -0.4 is 4.74 Å². The first-order valence-electron chi connectivity index (χ1n) is 4.55. The smallest absolute Gasteiger partial charge is 0.302 e. The molecule has 0 radical (unpaired) electrons. The fourth-order valence-electron chi connectivity index (χ4n) is 1.17. The molecule has 0 aliphatic carbocycles. The Morgan fingerprint density at radius 2 is 2.31 bits per heavy atom. The van der Waals surface area contributed by atoms with Crippen LogP contribution in [0.1, 0.15) is 6.92 Å². The van der Waals surface area contributed by atoms with Gasteiger partial charge < -0.3 is 4.74 Å². The molecule has 0 spiro atoms. The van der Waals surface area contributed by atoms with Crippen LogP contribution >= 0.6 is 12.2 Å². The molecule has 1 N–H and O–H groups in total. The average Bonchev–Trinajstić information content (AvgIpc) is 2.29. The monoisotopic (exact) mass is 258 g/mol. The van der Waals surface area contributed by atoms with E-state index in [1.165, 1.54) is 13.2 Å². The van der Waals surface area contributed by atoms with Gasteiger partial charge in [-0.25, -0.2) is 4.21 Å². The van der Waals surface area contributed by atoms with Gasteiger partial charge in [-0.05, 0) is 37.3 Å². The molecule has 1 aromatic rings. The molecule has 0 heterocycles. The van der Waals surface area contributed by atoms with Crippen LogP contribution in [0.3, 0.4) is 0 Å². The van der Waals surface area contributed by atoms with Gasteiger partial charge in [-0.15, -0.1) is 0 Å². The Morgan fingerprint density at radius 3 is 2.81 bits per heavy atom. The SMILES string of the molecule is CCS(=O)(=[OH+])c1ccc(OC)c(N=C=S)c1. The summed E-state index contributed by atoms with van der Waals surface area (Å²) in [6, 6.07) is 4.63. The van der Waals surface area contributed by atoms with Gasteiger partial charge in [0.05, 0.1) is 18.0 Å². The van der Waals surface area contributed by atoms with Gasteiger partial charge in [0.1, 0.15) is 16.3 Å². The molecule has 16 heavy (non-hydrogen) atoms. The molecule has 1 aromatic carbocycles. The summed E-state index contributed by atoms with van der Waals surface area (Å²) in [5, 5.41) is 2.21. The van der Waals surface area contributed by atoms with Crippen molar-refractivity contribution in [2.24, 2.45) is 4.99 Å². The number of thiocarbonyl (C=S) groups is 1. The van der Waals surface area contributed by atoms with Gasteiger partial charge >= 0.3 is 9.84 Å². The summed E-state index contributed by atoms with van der Waals surface area (Å²) in [6.07, 6.45) is 0. The lowest BCUT2D eigenvalue weighted by molar-refractivity contribution is 0.416. The lowest BCUT2D eigenvalue weighted by Gasteiger charge is -2.04. The van der Waals surface area contributed by atoms with Crippen molar-refractivity contribution in [2.75, 3.05) is 12.9 Å². The van der Waals surface area contributed by atoms with Gasteiger partial charge in [0.25, 0.3) is 0 Å². The number of hydrogen-bond donors (Lipinski definition) is 0. The van der Waals surface area contributed by atoms with E-state index < -0.39 is 9.84 Å². The predicted octanol–water partition coefficient (Wildman–Crippen LogP) is 2.38. The van der Waals surface area contributed by atoms with Gasteiger partial charge in [-0.1, -0.05) is 0 Å². The zero-order valence-electron chi connectivity index (χ0n) is 8.97. The number of ether oxygens (including phenoxy) is 1. The molecule has 0 amide bonds. The number of hydrogen-bond acceptors (Lipinski definition) is 4. The van der Waals surface area contributed by atoms with E-state index in [-0.39, 0.29) is 5.75 Å². The van der Waals surface area contributed by atoms with Gasteiger partial charge in [0.15, 0.2) is 0 Å². The molecule has 1 rings (SSSR count). The third-order valence-electron chi connectivity index (χ3n) is 2.08. The standard InChI is InChI=1S/C10H11NO3S2/c1-3-16(12,13)8-4-5-10(14-2)9(6-8)11-7-15/h4-6H,3H2,1-2H3/p+1. The Hall–Kier alpha value is -1.23. The van der Waals surface area contributed by atoms with Crippen LogP contribution in [-0.4, -0.2) is 26.4 Å². The van der Waals surface area contributed by atoms with Crippen molar-refractivity contribution in [3.05, 3.63) is 18.2 Å². The van der Waals surface area contributed by atoms with Crippen LogP contribution in [0.4, 0.5) is 5.69 Å². The largest absolute Gasteiger partial charge is 0.494 e. The fourth-order valence-corrected chi connectivity index (χ4v) is 2.18. The lowest BCUT2D eigenvalue weighted by atomic mass is 10.3. The highest BCUT2D eigenvalue weighted by molar-refractivity contribution is 7.91. The average molecular weight is 258 g/mol. The summed E-state index contributed by atoms with van der Waals surface area (Å²) in [5.74, 6) is 0.646. The molecule has 0 aromatic heterocycles. The zero-order valence-corrected chi connectivity index (χ0v) is 10.6. The number of methoxy groups -OCH3 is 1. The normalized spacial score (nSPS) is 13.6. The van der Waals surface area contributed by atoms with Crippen molar-refractivity contribution in [3.63, 3.8) is 0 Å². The molecule has 0 fully saturated rings. The number of rotatable bonds is 4. The molecule has 0 saturated heterocycles. The van der Waals surface area contributed by atoms with E-state index in [1.807, 2.05) is 0 Å². The second-order valence-corrected chi connectivity index (χ2v) is 5.48. The summed E-state index contributed by atoms with van der Waals surface area (Å²) >= 11 is 4.50. The molecule has 1 unspecified atom stereocenters. The van der Waals surface area contributed by atoms with Crippen molar-refractivity contribution in [2.45, 2.75) is 11.8 Å². The molecule has 4 nitrogen and oxygen atoms in total. The van der Waals surface area contributed by atoms with Crippen LogP contribution in [0.5, 0.6) is 5.75 Å². The number of aliphatic imine (C=N–C) groups is 1. The maximum atomic E-state index is 11.7. The first-order valence-corrected chi connectivity index (χ1v) is 6.64. The van der Waals surface area contributed by atoms with Crippen molar-refractivity contribution in [1.29, 1.82) is 0 Å². The van der Waals surface area contributed by atoms with E-state index in [1.54, 1.807) is 19.1 Å². The van der Waals surface area contributed by atoms with Crippen molar-refractivity contribution < 1.29 is 13.2 Å². The highest BCUT2D eigenvalue weighted by Gasteiger charge is 2.19. The molecule has 0 aliphatic heterocycles. The summed E-state index contributed by atoms with van der Waals surface area (Å²) in [7, 11) is -1.50. The molecule has 0 aliphatic rings. The maximum Gasteiger partial charge on any atom is 0.302 e. The minimum atomic E-state index is -2.99. The fraction of sp³-hybridized carbons (Fsp3) is 0.300. The van der Waals surface area contributed by atoms with Crippen LogP contribution in [0, 0.1) is 0 Å². The number of nitrogens with zero attached hydrogens (tertiary/aromatic N) is 1. The van der Waals surface area contributed by atoms with Crippen molar-refractivity contribution in [1.82, 2.24) is 0 Å². The Kier molecular flexibility index (Phi) is 4.18. The Balaban J connectivity index is 3.38. The predicted molar refractivity (Wildman–Crippen MR) is 66.6 cm³/mol. The minimum Gasteiger partial charge on any atom is -0.494 e. The first-order chi connectivity index (χ1) is 7.55. The molecular weight excluding hydrogens is 246 g/mol. The lowest BCUT2D eigenvalue weighted by Crippen LogP contribution is -2.03. The second kappa shape index (κ2) is 5.21. The summed E-state index contributed by atoms with van der Waals surface area (Å²) in [5.41, 5.74) is 0.408. The quantitative estimate of drug-likeness (QED) is 0.473. The van der Waals surface area contributed by atoms with Crippen LogP contribution in [0.2, 0.25) is 0 Å². The second-order valence-electron chi connectivity index (χ2n) is 2.97. The van der Waals surface area contributed by atoms with E-state index in [2.05, 4.69) is 22.4 Å². The Morgan fingerprint density at radius 1 is 1.62 bits per heavy atom. The molecule has 6 heteroatoms. The van der Waals surface area contributed by atoms with Gasteiger partial charge in [-0.3, -0.25) is 0 Å². The Bertz CT molecular complexity index is 531. The molecular formula is C10H12NO3S2+. The van der Waals surface area contributed by atoms with E-state index >= 15 is 0 Å². The summed E-state index contributed by atoms with van der Waals surface area (Å²) in [6.45, 7) is 1.65. The van der Waals surface area contributed by atoms with Crippen molar-refractivity contribution in [3.8, 4) is 5.75 Å². The third kappa shape index (κ3) is 2.66. The topological polar surface area (TPSA) is 60.1 Å². The van der Waals surface area contributed by atoms with Gasteiger partial charge in [0, 0.05) is 0 Å². The van der Waals surface area contributed by atoms with Gasteiger partial charge in [-0.2, -0.15) is 9.20 Å². The number of benzene rings is 1. The van der Waals surface area contributed by atoms with Crippen molar-refractivity contribution >= 4 is 32.9 Å². The van der Waals surface area contributed by atoms with E-state index in [0.717, 1.165) is 0 Å². The molecule has 0 bridgehead atoms. The van der Waals surface area contributed by atoms with Gasteiger partial charge in [0.2, 0.25) is 0 Å².